The van der Waals surface area contributed by atoms with Crippen LogP contribution in [0.15, 0.2) is 41.9 Å². The van der Waals surface area contributed by atoms with Gasteiger partial charge in [-0.05, 0) is 24.3 Å². The fraction of sp³-hybridized carbons (Fsp3) is 0. The molecule has 0 saturated carbocycles. The molecule has 0 radical (unpaired) electrons. The fourth-order valence-electron chi connectivity index (χ4n) is 1.72. The molecule has 0 aliphatic carbocycles. The summed E-state index contributed by atoms with van der Waals surface area (Å²) in [5.74, 6) is 5.55. The highest BCUT2D eigenvalue weighted by molar-refractivity contribution is 5.88. The van der Waals surface area contributed by atoms with Crippen molar-refractivity contribution < 1.29 is 4.39 Å². The molecule has 0 spiro atoms. The van der Waals surface area contributed by atoms with E-state index >= 15 is 0 Å². The summed E-state index contributed by atoms with van der Waals surface area (Å²) in [6.45, 7) is 0. The summed E-state index contributed by atoms with van der Waals surface area (Å²) >= 11 is 0. The molecule has 0 bridgehead atoms. The monoisotopic (exact) mass is 358 g/mol. The van der Waals surface area contributed by atoms with E-state index in [0.29, 0.717) is 5.95 Å². The van der Waals surface area contributed by atoms with Crippen LogP contribution in [0.3, 0.4) is 0 Å². The van der Waals surface area contributed by atoms with Crippen LogP contribution in [0.25, 0.3) is 11.3 Å². The van der Waals surface area contributed by atoms with Crippen LogP contribution in [0.5, 0.6) is 0 Å². The van der Waals surface area contributed by atoms with Crippen molar-refractivity contribution in [2.24, 2.45) is 5.10 Å². The zero-order valence-electron chi connectivity index (χ0n) is 11.5. The van der Waals surface area contributed by atoms with Gasteiger partial charge in [0.25, 0.3) is 5.95 Å². The Morgan fingerprint density at radius 2 is 2.00 bits per heavy atom. The maximum absolute atomic E-state index is 12.9. The Bertz CT molecular complexity index is 767. The average molecular weight is 359 g/mol. The molecular weight excluding hydrogens is 346 g/mol. The highest BCUT2D eigenvalue weighted by Crippen LogP contribution is 2.20. The van der Waals surface area contributed by atoms with Crippen LogP contribution in [0, 0.1) is 5.82 Å². The standard InChI is InChI=1S/C12H11FN8.2ClH/c13-10-3-1-8(2-4-10)11-9(5-15-18-11)6-16-19-12-20-17-7-21(12)14;;/h1-7H,14H2,(H,15,18)(H,19,20);2*1H. The molecule has 1 aromatic carbocycles. The van der Waals surface area contributed by atoms with Crippen LogP contribution in [0.1, 0.15) is 5.56 Å². The van der Waals surface area contributed by atoms with E-state index in [1.165, 1.54) is 23.1 Å². The van der Waals surface area contributed by atoms with Crippen molar-refractivity contribution >= 4 is 37.0 Å². The number of aromatic amines is 1. The minimum absolute atomic E-state index is 0. The molecule has 0 aliphatic heterocycles. The van der Waals surface area contributed by atoms with Gasteiger partial charge in [0.1, 0.15) is 12.1 Å². The molecule has 11 heteroatoms. The summed E-state index contributed by atoms with van der Waals surface area (Å²) in [6.07, 6.45) is 4.51. The second-order valence-electron chi connectivity index (χ2n) is 4.14. The molecule has 0 unspecified atom stereocenters. The quantitative estimate of drug-likeness (QED) is 0.374. The van der Waals surface area contributed by atoms with E-state index in [0.717, 1.165) is 16.8 Å². The van der Waals surface area contributed by atoms with Crippen molar-refractivity contribution in [2.45, 2.75) is 0 Å². The van der Waals surface area contributed by atoms with Gasteiger partial charge < -0.3 is 5.84 Å². The van der Waals surface area contributed by atoms with Gasteiger partial charge in [0.05, 0.1) is 18.1 Å². The van der Waals surface area contributed by atoms with Crippen LogP contribution in [0.4, 0.5) is 10.3 Å². The third-order valence-electron chi connectivity index (χ3n) is 2.74. The Hall–Kier alpha value is -2.65. The maximum atomic E-state index is 12.9. The molecule has 23 heavy (non-hydrogen) atoms. The van der Waals surface area contributed by atoms with Crippen LogP contribution < -0.4 is 11.3 Å². The lowest BCUT2D eigenvalue weighted by molar-refractivity contribution is 0.628. The first kappa shape index (κ1) is 18.4. The first-order valence-corrected chi connectivity index (χ1v) is 5.97. The van der Waals surface area contributed by atoms with Crippen LogP contribution in [-0.2, 0) is 0 Å². The van der Waals surface area contributed by atoms with E-state index in [1.54, 1.807) is 24.5 Å². The lowest BCUT2D eigenvalue weighted by Gasteiger charge is -2.00. The minimum Gasteiger partial charge on any atom is -0.335 e. The molecule has 0 atom stereocenters. The van der Waals surface area contributed by atoms with E-state index in [4.69, 9.17) is 5.84 Å². The predicted octanol–water partition coefficient (Wildman–Crippen LogP) is 1.81. The Morgan fingerprint density at radius 1 is 1.26 bits per heavy atom. The van der Waals surface area contributed by atoms with Crippen LogP contribution in [-0.4, -0.2) is 31.3 Å². The normalized spacial score (nSPS) is 10.1. The van der Waals surface area contributed by atoms with Gasteiger partial charge in [-0.3, -0.25) is 5.10 Å². The smallest absolute Gasteiger partial charge is 0.263 e. The lowest BCUT2D eigenvalue weighted by Crippen LogP contribution is -2.10. The highest BCUT2D eigenvalue weighted by atomic mass is 35.5. The average Bonchev–Trinajstić information content (AvgIpc) is 3.10. The zero-order chi connectivity index (χ0) is 14.7. The van der Waals surface area contributed by atoms with Crippen molar-refractivity contribution in [2.75, 3.05) is 11.3 Å². The molecule has 3 rings (SSSR count). The number of hydrogen-bond donors (Lipinski definition) is 3. The minimum atomic E-state index is -0.294. The van der Waals surface area contributed by atoms with E-state index in [1.807, 2.05) is 0 Å². The third-order valence-corrected chi connectivity index (χ3v) is 2.74. The van der Waals surface area contributed by atoms with E-state index < -0.39 is 0 Å². The number of H-pyrrole nitrogens is 1. The number of rotatable bonds is 4. The fourth-order valence-corrected chi connectivity index (χ4v) is 1.72. The highest BCUT2D eigenvalue weighted by Gasteiger charge is 2.06. The molecule has 8 nitrogen and oxygen atoms in total. The second kappa shape index (κ2) is 8.11. The van der Waals surface area contributed by atoms with Gasteiger partial charge in [0.15, 0.2) is 0 Å². The lowest BCUT2D eigenvalue weighted by atomic mass is 10.1. The summed E-state index contributed by atoms with van der Waals surface area (Å²) in [7, 11) is 0. The van der Waals surface area contributed by atoms with Crippen molar-refractivity contribution in [3.05, 3.63) is 48.2 Å². The topological polar surface area (TPSA) is 110 Å². The van der Waals surface area contributed by atoms with Crippen LogP contribution in [0.2, 0.25) is 0 Å². The van der Waals surface area contributed by atoms with E-state index in [-0.39, 0.29) is 30.6 Å². The number of hydrazone groups is 1. The summed E-state index contributed by atoms with van der Waals surface area (Å²) in [5, 5.41) is 18.1. The summed E-state index contributed by atoms with van der Waals surface area (Å²) in [4.78, 5) is 0. The SMILES string of the molecule is Cl.Cl.Nn1cnnc1NN=Cc1cn[nH]c1-c1ccc(F)cc1. The summed E-state index contributed by atoms with van der Waals surface area (Å²) in [5.41, 5.74) is 4.92. The molecular formula is C12H13Cl2FN8. The molecule has 2 heterocycles. The van der Waals surface area contributed by atoms with Crippen molar-refractivity contribution in [3.63, 3.8) is 0 Å². The third kappa shape index (κ3) is 4.18. The Morgan fingerprint density at radius 3 is 2.65 bits per heavy atom. The number of nitrogens with zero attached hydrogens (tertiary/aromatic N) is 5. The van der Waals surface area contributed by atoms with Gasteiger partial charge in [0, 0.05) is 11.1 Å². The van der Waals surface area contributed by atoms with Crippen molar-refractivity contribution in [1.29, 1.82) is 0 Å². The number of nitrogen functional groups attached to an aromatic ring is 1. The molecule has 4 N–H and O–H groups in total. The van der Waals surface area contributed by atoms with E-state index in [2.05, 4.69) is 30.9 Å². The molecule has 0 amide bonds. The Balaban J connectivity index is 0.00000132. The van der Waals surface area contributed by atoms with Gasteiger partial charge in [-0.25, -0.2) is 14.5 Å². The number of benzene rings is 1. The molecule has 0 fully saturated rings. The maximum Gasteiger partial charge on any atom is 0.263 e. The van der Waals surface area contributed by atoms with Gasteiger partial charge >= 0.3 is 0 Å². The number of halogens is 3. The number of nitrogens with one attached hydrogen (secondary N) is 2. The first-order chi connectivity index (χ1) is 10.2. The molecule has 0 aliphatic rings. The van der Waals surface area contributed by atoms with Gasteiger partial charge in [-0.1, -0.05) is 0 Å². The van der Waals surface area contributed by atoms with Gasteiger partial charge in [-0.15, -0.1) is 35.0 Å². The van der Waals surface area contributed by atoms with Crippen LogP contribution >= 0.6 is 24.8 Å². The number of hydrogen-bond acceptors (Lipinski definition) is 6. The molecule has 0 saturated heterocycles. The molecule has 122 valence electrons. The summed E-state index contributed by atoms with van der Waals surface area (Å²) < 4.78 is 14.1. The number of aromatic nitrogens is 5. The Kier molecular flexibility index (Phi) is 6.49. The predicted molar refractivity (Wildman–Crippen MR) is 89.9 cm³/mol. The largest absolute Gasteiger partial charge is 0.335 e. The van der Waals surface area contributed by atoms with Crippen molar-refractivity contribution in [1.82, 2.24) is 25.1 Å². The number of nitrogens with two attached hydrogens (primary N) is 1. The molecule has 3 aromatic rings. The zero-order valence-corrected chi connectivity index (χ0v) is 13.2. The van der Waals surface area contributed by atoms with Gasteiger partial charge in [0.2, 0.25) is 0 Å². The number of anilines is 1. The van der Waals surface area contributed by atoms with Crippen molar-refractivity contribution in [3.8, 4) is 11.3 Å². The summed E-state index contributed by atoms with van der Waals surface area (Å²) in [6, 6.07) is 6.08. The van der Waals surface area contributed by atoms with Gasteiger partial charge in [-0.2, -0.15) is 10.2 Å². The van der Waals surface area contributed by atoms with E-state index in [9.17, 15) is 4.39 Å². The first-order valence-electron chi connectivity index (χ1n) is 5.97. The second-order valence-corrected chi connectivity index (χ2v) is 4.14. The molecule has 2 aromatic heterocycles. The Labute approximate surface area is 142 Å².